The summed E-state index contributed by atoms with van der Waals surface area (Å²) < 4.78 is 5.20. The van der Waals surface area contributed by atoms with E-state index in [2.05, 4.69) is 5.32 Å². The molecule has 1 N–H and O–H groups in total. The second-order valence-electron chi connectivity index (χ2n) is 6.85. The number of hydrogen-bond donors (Lipinski definition) is 1. The van der Waals surface area contributed by atoms with E-state index >= 15 is 0 Å². The molecule has 0 aromatic heterocycles. The summed E-state index contributed by atoms with van der Waals surface area (Å²) in [6.07, 6.45) is -0.914. The van der Waals surface area contributed by atoms with Crippen molar-refractivity contribution >= 4 is 23.5 Å². The fourth-order valence-electron chi connectivity index (χ4n) is 2.78. The first-order valence-electron chi connectivity index (χ1n) is 9.61. The van der Waals surface area contributed by atoms with E-state index in [0.717, 1.165) is 11.1 Å². The van der Waals surface area contributed by atoms with E-state index in [1.807, 2.05) is 32.0 Å². The first-order valence-corrected chi connectivity index (χ1v) is 9.61. The minimum Gasteiger partial charge on any atom is -0.451 e. The Labute approximate surface area is 176 Å². The number of nitriles is 1. The van der Waals surface area contributed by atoms with E-state index in [4.69, 9.17) is 10.00 Å². The molecule has 0 heterocycles. The van der Waals surface area contributed by atoms with Crippen molar-refractivity contribution in [1.29, 1.82) is 5.26 Å². The summed E-state index contributed by atoms with van der Waals surface area (Å²) in [5.41, 5.74) is 3.10. The van der Waals surface area contributed by atoms with Gasteiger partial charge in [-0.3, -0.25) is 14.4 Å². The van der Waals surface area contributed by atoms with Crippen molar-refractivity contribution in [2.45, 2.75) is 33.3 Å². The number of aryl methyl sites for hydroxylation is 2. The molecule has 2 aromatic rings. The standard InChI is InChI=1S/C23H25N3O4/c1-16-10-11-19(14-17(16)2)22(28)25-15-21(27)30-18(3)23(29)26(13-7-12-24)20-8-5-4-6-9-20/h4-6,8-11,14,18H,7,13,15H2,1-3H3,(H,25,28)/t18-/m0/s1. The SMILES string of the molecule is Cc1ccc(C(=O)NCC(=O)O[C@@H](C)C(=O)N(CCC#N)c2ccccc2)cc1C. The van der Waals surface area contributed by atoms with Crippen LogP contribution in [-0.4, -0.2) is 37.0 Å². The maximum Gasteiger partial charge on any atom is 0.326 e. The van der Waals surface area contributed by atoms with E-state index in [1.54, 1.807) is 36.4 Å². The predicted molar refractivity (Wildman–Crippen MR) is 113 cm³/mol. The third kappa shape index (κ3) is 6.17. The molecule has 0 aliphatic heterocycles. The van der Waals surface area contributed by atoms with Crippen LogP contribution in [0.2, 0.25) is 0 Å². The third-order valence-corrected chi connectivity index (χ3v) is 4.60. The molecule has 0 fully saturated rings. The minimum absolute atomic E-state index is 0.146. The molecule has 7 nitrogen and oxygen atoms in total. The highest BCUT2D eigenvalue weighted by Gasteiger charge is 2.25. The number of para-hydroxylation sites is 1. The third-order valence-electron chi connectivity index (χ3n) is 4.60. The Morgan fingerprint density at radius 3 is 2.43 bits per heavy atom. The predicted octanol–water partition coefficient (Wildman–Crippen LogP) is 2.91. The van der Waals surface area contributed by atoms with Crippen LogP contribution in [0, 0.1) is 25.2 Å². The Hall–Kier alpha value is -3.66. The van der Waals surface area contributed by atoms with Crippen LogP contribution >= 0.6 is 0 Å². The summed E-state index contributed by atoms with van der Waals surface area (Å²) >= 11 is 0. The smallest absolute Gasteiger partial charge is 0.326 e. The van der Waals surface area contributed by atoms with Gasteiger partial charge in [-0.05, 0) is 56.2 Å². The Balaban J connectivity index is 1.94. The lowest BCUT2D eigenvalue weighted by molar-refractivity contribution is -0.152. The van der Waals surface area contributed by atoms with Gasteiger partial charge in [-0.1, -0.05) is 24.3 Å². The van der Waals surface area contributed by atoms with Crippen LogP contribution in [0.15, 0.2) is 48.5 Å². The van der Waals surface area contributed by atoms with Gasteiger partial charge in [-0.15, -0.1) is 0 Å². The molecule has 0 saturated carbocycles. The number of esters is 1. The lowest BCUT2D eigenvalue weighted by Crippen LogP contribution is -2.42. The summed E-state index contributed by atoms with van der Waals surface area (Å²) in [6, 6.07) is 16.1. The molecular weight excluding hydrogens is 382 g/mol. The number of hydrogen-bond acceptors (Lipinski definition) is 5. The van der Waals surface area contributed by atoms with E-state index in [-0.39, 0.29) is 19.5 Å². The first kappa shape index (κ1) is 22.6. The van der Waals surface area contributed by atoms with Gasteiger partial charge in [-0.25, -0.2) is 0 Å². The van der Waals surface area contributed by atoms with E-state index in [0.29, 0.717) is 11.3 Å². The van der Waals surface area contributed by atoms with Crippen LogP contribution in [0.3, 0.4) is 0 Å². The second kappa shape index (κ2) is 10.8. The lowest BCUT2D eigenvalue weighted by Gasteiger charge is -2.25. The molecule has 0 unspecified atom stereocenters. The molecular formula is C23H25N3O4. The van der Waals surface area contributed by atoms with Crippen molar-refractivity contribution in [3.05, 3.63) is 65.2 Å². The van der Waals surface area contributed by atoms with Crippen LogP contribution in [0.1, 0.15) is 34.8 Å². The number of anilines is 1. The van der Waals surface area contributed by atoms with Gasteiger partial charge in [-0.2, -0.15) is 5.26 Å². The van der Waals surface area contributed by atoms with Gasteiger partial charge in [0.2, 0.25) is 0 Å². The summed E-state index contributed by atoms with van der Waals surface area (Å²) in [4.78, 5) is 38.5. The van der Waals surface area contributed by atoms with E-state index < -0.39 is 23.9 Å². The van der Waals surface area contributed by atoms with Gasteiger partial charge in [0.15, 0.2) is 6.10 Å². The molecule has 7 heteroatoms. The number of benzene rings is 2. The second-order valence-corrected chi connectivity index (χ2v) is 6.85. The maximum absolute atomic E-state index is 12.8. The summed E-state index contributed by atoms with van der Waals surface area (Å²) in [6.45, 7) is 5.14. The molecule has 0 spiro atoms. The first-order chi connectivity index (χ1) is 14.3. The molecule has 156 valence electrons. The molecule has 0 aliphatic rings. The normalized spacial score (nSPS) is 11.1. The molecule has 30 heavy (non-hydrogen) atoms. The van der Waals surface area contributed by atoms with Crippen LogP contribution < -0.4 is 10.2 Å². The maximum atomic E-state index is 12.8. The lowest BCUT2D eigenvalue weighted by atomic mass is 10.1. The highest BCUT2D eigenvalue weighted by molar-refractivity contribution is 5.98. The number of ether oxygens (including phenoxy) is 1. The van der Waals surface area contributed by atoms with Crippen molar-refractivity contribution in [3.8, 4) is 6.07 Å². The van der Waals surface area contributed by atoms with Gasteiger partial charge < -0.3 is 15.0 Å². The van der Waals surface area contributed by atoms with Gasteiger partial charge in [0, 0.05) is 17.8 Å². The fourth-order valence-corrected chi connectivity index (χ4v) is 2.78. The van der Waals surface area contributed by atoms with E-state index in [1.165, 1.54) is 11.8 Å². The number of amides is 2. The van der Waals surface area contributed by atoms with Gasteiger partial charge in [0.05, 0.1) is 12.5 Å². The zero-order chi connectivity index (χ0) is 22.1. The molecule has 2 rings (SSSR count). The Bertz CT molecular complexity index is 951. The quantitative estimate of drug-likeness (QED) is 0.678. The Morgan fingerprint density at radius 1 is 1.10 bits per heavy atom. The molecule has 0 saturated heterocycles. The fraction of sp³-hybridized carbons (Fsp3) is 0.304. The van der Waals surface area contributed by atoms with Gasteiger partial charge in [0.1, 0.15) is 6.54 Å². The van der Waals surface area contributed by atoms with Crippen LogP contribution in [0.4, 0.5) is 5.69 Å². The van der Waals surface area contributed by atoms with Crippen LogP contribution in [0.5, 0.6) is 0 Å². The number of rotatable bonds is 8. The van der Waals surface area contributed by atoms with Crippen LogP contribution in [0.25, 0.3) is 0 Å². The molecule has 2 amide bonds. The molecule has 0 aliphatic carbocycles. The average Bonchev–Trinajstić information content (AvgIpc) is 2.74. The number of nitrogens with one attached hydrogen (secondary N) is 1. The highest BCUT2D eigenvalue weighted by Crippen LogP contribution is 2.16. The summed E-state index contributed by atoms with van der Waals surface area (Å²) in [5.74, 6) is -1.56. The minimum atomic E-state index is -1.06. The number of nitrogens with zero attached hydrogens (tertiary/aromatic N) is 2. The number of carbonyl (C=O) groups is 3. The zero-order valence-electron chi connectivity index (χ0n) is 17.3. The van der Waals surface area contributed by atoms with Gasteiger partial charge in [0.25, 0.3) is 11.8 Å². The van der Waals surface area contributed by atoms with Crippen molar-refractivity contribution < 1.29 is 19.1 Å². The Morgan fingerprint density at radius 2 is 1.80 bits per heavy atom. The van der Waals surface area contributed by atoms with Gasteiger partial charge >= 0.3 is 5.97 Å². The van der Waals surface area contributed by atoms with Crippen molar-refractivity contribution in [2.75, 3.05) is 18.0 Å². The van der Waals surface area contributed by atoms with Crippen molar-refractivity contribution in [3.63, 3.8) is 0 Å². The average molecular weight is 407 g/mol. The van der Waals surface area contributed by atoms with Crippen molar-refractivity contribution in [1.82, 2.24) is 5.32 Å². The molecule has 2 aromatic carbocycles. The largest absolute Gasteiger partial charge is 0.451 e. The molecule has 0 radical (unpaired) electrons. The summed E-state index contributed by atoms with van der Waals surface area (Å²) in [5, 5.41) is 11.4. The monoisotopic (exact) mass is 407 g/mol. The van der Waals surface area contributed by atoms with Crippen LogP contribution in [-0.2, 0) is 14.3 Å². The Kier molecular flexibility index (Phi) is 8.12. The zero-order valence-corrected chi connectivity index (χ0v) is 17.3. The van der Waals surface area contributed by atoms with E-state index in [9.17, 15) is 14.4 Å². The molecule has 1 atom stereocenters. The topological polar surface area (TPSA) is 99.5 Å². The highest BCUT2D eigenvalue weighted by atomic mass is 16.5. The number of carbonyl (C=O) groups excluding carboxylic acids is 3. The van der Waals surface area contributed by atoms with Crippen molar-refractivity contribution in [2.24, 2.45) is 0 Å². The summed E-state index contributed by atoms with van der Waals surface area (Å²) in [7, 11) is 0. The molecule has 0 bridgehead atoms.